The number of nitrogen functional groups attached to an aromatic ring is 1. The van der Waals surface area contributed by atoms with E-state index in [9.17, 15) is 4.79 Å². The number of hydrogen-bond donors (Lipinski definition) is 2. The SMILES string of the molecule is Nc1ccccc1NC(=O)/C=C/c1ccc(CN2CCc3ccccc32)cc1. The molecule has 0 aromatic heterocycles. The van der Waals surface area contributed by atoms with E-state index in [1.807, 2.05) is 30.3 Å². The van der Waals surface area contributed by atoms with Gasteiger partial charge >= 0.3 is 0 Å². The molecule has 0 fully saturated rings. The average molecular weight is 369 g/mol. The fourth-order valence-electron chi connectivity index (χ4n) is 3.48. The zero-order valence-corrected chi connectivity index (χ0v) is 15.6. The Bertz CT molecular complexity index is 1010. The predicted octanol–water partition coefficient (Wildman–Crippen LogP) is 4.48. The van der Waals surface area contributed by atoms with Crippen LogP contribution < -0.4 is 16.0 Å². The first-order chi connectivity index (χ1) is 13.7. The maximum Gasteiger partial charge on any atom is 0.248 e. The van der Waals surface area contributed by atoms with Gasteiger partial charge in [0.2, 0.25) is 5.91 Å². The van der Waals surface area contributed by atoms with Gasteiger partial charge < -0.3 is 16.0 Å². The Morgan fingerprint density at radius 3 is 2.57 bits per heavy atom. The van der Waals surface area contributed by atoms with Gasteiger partial charge in [0.25, 0.3) is 0 Å². The van der Waals surface area contributed by atoms with E-state index in [0.717, 1.165) is 25.1 Å². The van der Waals surface area contributed by atoms with Crippen LogP contribution in [-0.2, 0) is 17.8 Å². The van der Waals surface area contributed by atoms with Crippen LogP contribution >= 0.6 is 0 Å². The molecule has 0 spiro atoms. The minimum Gasteiger partial charge on any atom is -0.397 e. The second kappa shape index (κ2) is 8.01. The van der Waals surface area contributed by atoms with E-state index in [4.69, 9.17) is 5.73 Å². The van der Waals surface area contributed by atoms with Gasteiger partial charge in [-0.1, -0.05) is 54.6 Å². The summed E-state index contributed by atoms with van der Waals surface area (Å²) in [4.78, 5) is 14.5. The van der Waals surface area contributed by atoms with Crippen LogP contribution in [0.2, 0.25) is 0 Å². The first kappa shape index (κ1) is 17.9. The number of para-hydroxylation sites is 3. The molecule has 4 nitrogen and oxygen atoms in total. The number of rotatable bonds is 5. The van der Waals surface area contributed by atoms with Crippen LogP contribution in [0.4, 0.5) is 17.1 Å². The van der Waals surface area contributed by atoms with Crippen molar-refractivity contribution >= 4 is 29.0 Å². The highest BCUT2D eigenvalue weighted by Gasteiger charge is 2.17. The molecule has 1 heterocycles. The molecule has 1 aliphatic heterocycles. The average Bonchev–Trinajstić information content (AvgIpc) is 3.12. The van der Waals surface area contributed by atoms with Crippen molar-refractivity contribution in [2.45, 2.75) is 13.0 Å². The molecule has 3 N–H and O–H groups in total. The van der Waals surface area contributed by atoms with Crippen molar-refractivity contribution in [1.29, 1.82) is 0 Å². The molecular formula is C24H23N3O. The minimum absolute atomic E-state index is 0.198. The van der Waals surface area contributed by atoms with Gasteiger partial charge in [0.1, 0.15) is 0 Å². The number of amides is 1. The summed E-state index contributed by atoms with van der Waals surface area (Å²) in [5.41, 5.74) is 12.0. The van der Waals surface area contributed by atoms with Crippen LogP contribution in [0.3, 0.4) is 0 Å². The Labute approximate surface area is 165 Å². The maximum atomic E-state index is 12.1. The van der Waals surface area contributed by atoms with E-state index >= 15 is 0 Å². The summed E-state index contributed by atoms with van der Waals surface area (Å²) in [5.74, 6) is -0.198. The maximum absolute atomic E-state index is 12.1. The number of carbonyl (C=O) groups excluding carboxylic acids is 1. The number of carbonyl (C=O) groups is 1. The quantitative estimate of drug-likeness (QED) is 0.515. The van der Waals surface area contributed by atoms with Crippen molar-refractivity contribution in [3.63, 3.8) is 0 Å². The largest absolute Gasteiger partial charge is 0.397 e. The smallest absolute Gasteiger partial charge is 0.248 e. The number of hydrogen-bond acceptors (Lipinski definition) is 3. The number of anilines is 3. The number of nitrogens with zero attached hydrogens (tertiary/aromatic N) is 1. The zero-order valence-electron chi connectivity index (χ0n) is 15.6. The molecule has 0 radical (unpaired) electrons. The van der Waals surface area contributed by atoms with Crippen molar-refractivity contribution in [3.8, 4) is 0 Å². The molecule has 0 bridgehead atoms. The second-order valence-electron chi connectivity index (χ2n) is 6.95. The Morgan fingerprint density at radius 1 is 1.00 bits per heavy atom. The molecule has 0 saturated carbocycles. The fraction of sp³-hybridized carbons (Fsp3) is 0.125. The van der Waals surface area contributed by atoms with E-state index in [-0.39, 0.29) is 5.91 Å². The van der Waals surface area contributed by atoms with Gasteiger partial charge in [-0.3, -0.25) is 4.79 Å². The topological polar surface area (TPSA) is 58.4 Å². The van der Waals surface area contributed by atoms with E-state index in [0.29, 0.717) is 11.4 Å². The van der Waals surface area contributed by atoms with Gasteiger partial charge in [0.15, 0.2) is 0 Å². The molecule has 0 aliphatic carbocycles. The molecular weight excluding hydrogens is 346 g/mol. The normalized spacial score (nSPS) is 12.9. The molecule has 4 heteroatoms. The van der Waals surface area contributed by atoms with Gasteiger partial charge in [0, 0.05) is 24.9 Å². The van der Waals surface area contributed by atoms with Crippen LogP contribution in [0, 0.1) is 0 Å². The minimum atomic E-state index is -0.198. The number of fused-ring (bicyclic) bond motifs is 1. The van der Waals surface area contributed by atoms with Gasteiger partial charge in [0.05, 0.1) is 11.4 Å². The van der Waals surface area contributed by atoms with Crippen LogP contribution in [0.5, 0.6) is 0 Å². The monoisotopic (exact) mass is 369 g/mol. The van der Waals surface area contributed by atoms with E-state index in [1.165, 1.54) is 22.9 Å². The first-order valence-corrected chi connectivity index (χ1v) is 9.44. The highest BCUT2D eigenvalue weighted by molar-refractivity contribution is 6.03. The van der Waals surface area contributed by atoms with Crippen molar-refractivity contribution in [2.24, 2.45) is 0 Å². The Hall–Kier alpha value is -3.53. The zero-order chi connectivity index (χ0) is 19.3. The van der Waals surface area contributed by atoms with Gasteiger partial charge in [-0.2, -0.15) is 0 Å². The third-order valence-corrected chi connectivity index (χ3v) is 4.98. The number of benzene rings is 3. The molecule has 0 saturated heterocycles. The lowest BCUT2D eigenvalue weighted by Gasteiger charge is -2.19. The van der Waals surface area contributed by atoms with Gasteiger partial charge in [-0.05, 0) is 47.4 Å². The molecule has 0 atom stereocenters. The lowest BCUT2D eigenvalue weighted by Crippen LogP contribution is -2.19. The molecule has 4 rings (SSSR count). The lowest BCUT2D eigenvalue weighted by atomic mass is 10.1. The molecule has 3 aromatic carbocycles. The lowest BCUT2D eigenvalue weighted by molar-refractivity contribution is -0.111. The first-order valence-electron chi connectivity index (χ1n) is 9.44. The van der Waals surface area contributed by atoms with Crippen LogP contribution in [-0.4, -0.2) is 12.5 Å². The summed E-state index contributed by atoms with van der Waals surface area (Å²) in [6.07, 6.45) is 4.44. The molecule has 3 aromatic rings. The van der Waals surface area contributed by atoms with Gasteiger partial charge in [-0.15, -0.1) is 0 Å². The second-order valence-corrected chi connectivity index (χ2v) is 6.95. The third kappa shape index (κ3) is 4.07. The van der Waals surface area contributed by atoms with E-state index in [2.05, 4.69) is 46.6 Å². The van der Waals surface area contributed by atoms with Crippen molar-refractivity contribution in [2.75, 3.05) is 22.5 Å². The Balaban J connectivity index is 1.36. The van der Waals surface area contributed by atoms with Crippen molar-refractivity contribution in [1.82, 2.24) is 0 Å². The predicted molar refractivity (Wildman–Crippen MR) is 116 cm³/mol. The van der Waals surface area contributed by atoms with Gasteiger partial charge in [-0.25, -0.2) is 0 Å². The number of nitrogens with two attached hydrogens (primary N) is 1. The summed E-state index contributed by atoms with van der Waals surface area (Å²) < 4.78 is 0. The number of nitrogens with one attached hydrogen (secondary N) is 1. The Morgan fingerprint density at radius 2 is 1.75 bits per heavy atom. The highest BCUT2D eigenvalue weighted by atomic mass is 16.1. The summed E-state index contributed by atoms with van der Waals surface area (Å²) in [7, 11) is 0. The van der Waals surface area contributed by atoms with E-state index < -0.39 is 0 Å². The van der Waals surface area contributed by atoms with Crippen molar-refractivity contribution in [3.05, 3.63) is 95.6 Å². The summed E-state index contributed by atoms with van der Waals surface area (Å²) in [5, 5.41) is 2.79. The van der Waals surface area contributed by atoms with E-state index in [1.54, 1.807) is 12.1 Å². The van der Waals surface area contributed by atoms with Crippen molar-refractivity contribution < 1.29 is 4.79 Å². The third-order valence-electron chi connectivity index (χ3n) is 4.98. The fourth-order valence-corrected chi connectivity index (χ4v) is 3.48. The molecule has 1 aliphatic rings. The Kier molecular flexibility index (Phi) is 5.11. The molecule has 1 amide bonds. The highest BCUT2D eigenvalue weighted by Crippen LogP contribution is 2.28. The molecule has 140 valence electrons. The summed E-state index contributed by atoms with van der Waals surface area (Å²) in [6.45, 7) is 1.96. The molecule has 0 unspecified atom stereocenters. The molecule has 28 heavy (non-hydrogen) atoms. The van der Waals surface area contributed by atoms with Crippen LogP contribution in [0.1, 0.15) is 16.7 Å². The summed E-state index contributed by atoms with van der Waals surface area (Å²) >= 11 is 0. The summed E-state index contributed by atoms with van der Waals surface area (Å²) in [6, 6.07) is 24.1. The van der Waals surface area contributed by atoms with Crippen LogP contribution in [0.25, 0.3) is 6.08 Å². The standard InChI is InChI=1S/C24H23N3O/c25-21-6-2-3-7-22(21)26-24(28)14-13-18-9-11-19(12-10-18)17-27-16-15-20-5-1-4-8-23(20)27/h1-14H,15-17,25H2,(H,26,28)/b14-13+. The van der Waals surface area contributed by atoms with Crippen LogP contribution in [0.15, 0.2) is 78.9 Å².